The summed E-state index contributed by atoms with van der Waals surface area (Å²) in [6.07, 6.45) is 0. The fraction of sp³-hybridized carbons (Fsp3) is 0.833. The van der Waals surface area contributed by atoms with Crippen LogP contribution in [-0.2, 0) is 10.0 Å². The number of hydrogen-bond acceptors (Lipinski definition) is 3. The minimum absolute atomic E-state index is 0.00954. The highest BCUT2D eigenvalue weighted by Gasteiger charge is 2.26. The minimum atomic E-state index is -3.32. The lowest BCUT2D eigenvalue weighted by Gasteiger charge is -2.19. The van der Waals surface area contributed by atoms with E-state index in [1.165, 1.54) is 18.3 Å². The van der Waals surface area contributed by atoms with Crippen LogP contribution in [0.5, 0.6) is 0 Å². The highest BCUT2D eigenvalue weighted by atomic mass is 32.2. The molecule has 0 rings (SSSR count). The van der Waals surface area contributed by atoms with E-state index in [0.29, 0.717) is 6.54 Å². The Bertz CT molecular complexity index is 261. The van der Waals surface area contributed by atoms with Crippen LogP contribution >= 0.6 is 12.2 Å². The van der Waals surface area contributed by atoms with E-state index in [0.717, 1.165) is 0 Å². The molecule has 0 aliphatic carbocycles. The van der Waals surface area contributed by atoms with Crippen molar-refractivity contribution in [3.05, 3.63) is 0 Å². The van der Waals surface area contributed by atoms with Gasteiger partial charge >= 0.3 is 0 Å². The lowest BCUT2D eigenvalue weighted by Crippen LogP contribution is -2.40. The molecule has 72 valence electrons. The van der Waals surface area contributed by atoms with Crippen molar-refractivity contribution >= 4 is 27.2 Å². The summed E-state index contributed by atoms with van der Waals surface area (Å²) in [5.41, 5.74) is 5.24. The summed E-state index contributed by atoms with van der Waals surface area (Å²) in [7, 11) is -1.82. The zero-order chi connectivity index (χ0) is 9.94. The molecule has 0 saturated carbocycles. The maximum absolute atomic E-state index is 11.5. The normalized spacial score (nSPS) is 14.7. The SMILES string of the molecule is CCN(C)S(=O)(=O)C(C)C(N)=S. The van der Waals surface area contributed by atoms with Gasteiger partial charge in [0.2, 0.25) is 10.0 Å². The predicted molar refractivity (Wildman–Crippen MR) is 53.5 cm³/mol. The molecule has 2 N–H and O–H groups in total. The summed E-state index contributed by atoms with van der Waals surface area (Å²) in [5.74, 6) is 0. The van der Waals surface area contributed by atoms with Crippen molar-refractivity contribution in [2.75, 3.05) is 13.6 Å². The molecule has 4 nitrogen and oxygen atoms in total. The third-order valence-electron chi connectivity index (χ3n) is 1.73. The summed E-state index contributed by atoms with van der Waals surface area (Å²) in [5, 5.41) is -0.780. The molecule has 0 aliphatic rings. The molecule has 0 radical (unpaired) electrons. The van der Waals surface area contributed by atoms with Gasteiger partial charge < -0.3 is 5.73 Å². The molecule has 0 fully saturated rings. The molecule has 12 heavy (non-hydrogen) atoms. The van der Waals surface area contributed by atoms with Gasteiger partial charge in [0.05, 0.1) is 4.99 Å². The molecule has 0 spiro atoms. The van der Waals surface area contributed by atoms with E-state index in [1.807, 2.05) is 0 Å². The van der Waals surface area contributed by atoms with E-state index in [-0.39, 0.29) is 4.99 Å². The van der Waals surface area contributed by atoms with E-state index in [9.17, 15) is 8.42 Å². The monoisotopic (exact) mass is 210 g/mol. The van der Waals surface area contributed by atoms with Crippen molar-refractivity contribution < 1.29 is 8.42 Å². The molecule has 1 atom stereocenters. The van der Waals surface area contributed by atoms with Gasteiger partial charge in [-0.3, -0.25) is 0 Å². The fourth-order valence-corrected chi connectivity index (χ4v) is 2.15. The summed E-state index contributed by atoms with van der Waals surface area (Å²) < 4.78 is 24.2. The Hall–Kier alpha value is -0.200. The van der Waals surface area contributed by atoms with Crippen molar-refractivity contribution in [3.8, 4) is 0 Å². The second-order valence-electron chi connectivity index (χ2n) is 2.50. The van der Waals surface area contributed by atoms with Crippen LogP contribution < -0.4 is 5.73 Å². The third kappa shape index (κ3) is 2.40. The molecule has 0 aromatic heterocycles. The van der Waals surface area contributed by atoms with Crippen LogP contribution in [-0.4, -0.2) is 36.6 Å². The van der Waals surface area contributed by atoms with Crippen molar-refractivity contribution in [1.29, 1.82) is 0 Å². The Labute approximate surface area is 78.8 Å². The molecule has 0 aliphatic heterocycles. The van der Waals surface area contributed by atoms with Crippen molar-refractivity contribution in [1.82, 2.24) is 4.31 Å². The van der Waals surface area contributed by atoms with E-state index < -0.39 is 15.3 Å². The van der Waals surface area contributed by atoms with Gasteiger partial charge in [-0.2, -0.15) is 0 Å². The summed E-state index contributed by atoms with van der Waals surface area (Å²) in [4.78, 5) is 0.00954. The van der Waals surface area contributed by atoms with Crippen LogP contribution in [0.4, 0.5) is 0 Å². The lowest BCUT2D eigenvalue weighted by molar-refractivity contribution is 0.483. The first kappa shape index (κ1) is 11.8. The largest absolute Gasteiger partial charge is 0.392 e. The molecule has 0 amide bonds. The van der Waals surface area contributed by atoms with Crippen LogP contribution in [0.15, 0.2) is 0 Å². The Kier molecular flexibility index (Phi) is 4.09. The van der Waals surface area contributed by atoms with Crippen LogP contribution in [0.3, 0.4) is 0 Å². The first-order valence-electron chi connectivity index (χ1n) is 3.58. The quantitative estimate of drug-likeness (QED) is 0.660. The zero-order valence-electron chi connectivity index (χ0n) is 7.44. The van der Waals surface area contributed by atoms with E-state index in [2.05, 4.69) is 12.2 Å². The maximum atomic E-state index is 11.5. The molecule has 0 heterocycles. The zero-order valence-corrected chi connectivity index (χ0v) is 9.08. The Morgan fingerprint density at radius 1 is 1.67 bits per heavy atom. The van der Waals surface area contributed by atoms with Gasteiger partial charge in [-0.15, -0.1) is 0 Å². The van der Waals surface area contributed by atoms with Gasteiger partial charge in [0.25, 0.3) is 0 Å². The van der Waals surface area contributed by atoms with E-state index in [1.54, 1.807) is 6.92 Å². The Morgan fingerprint density at radius 3 is 2.33 bits per heavy atom. The van der Waals surface area contributed by atoms with Crippen LogP contribution in [0.1, 0.15) is 13.8 Å². The number of nitrogens with zero attached hydrogens (tertiary/aromatic N) is 1. The Morgan fingerprint density at radius 2 is 2.08 bits per heavy atom. The molecular weight excluding hydrogens is 196 g/mol. The van der Waals surface area contributed by atoms with Crippen molar-refractivity contribution in [3.63, 3.8) is 0 Å². The van der Waals surface area contributed by atoms with E-state index >= 15 is 0 Å². The van der Waals surface area contributed by atoms with Crippen molar-refractivity contribution in [2.24, 2.45) is 5.73 Å². The molecule has 1 unspecified atom stereocenters. The van der Waals surface area contributed by atoms with Crippen LogP contribution in [0.25, 0.3) is 0 Å². The van der Waals surface area contributed by atoms with Gasteiger partial charge in [0.15, 0.2) is 0 Å². The van der Waals surface area contributed by atoms with Crippen molar-refractivity contribution in [2.45, 2.75) is 19.1 Å². The lowest BCUT2D eigenvalue weighted by atomic mass is 10.5. The van der Waals surface area contributed by atoms with Gasteiger partial charge in [0.1, 0.15) is 5.25 Å². The predicted octanol–water partition coefficient (Wildman–Crippen LogP) is -0.0575. The molecule has 6 heteroatoms. The van der Waals surface area contributed by atoms with Gasteiger partial charge in [0, 0.05) is 13.6 Å². The average molecular weight is 210 g/mol. The minimum Gasteiger partial charge on any atom is -0.392 e. The standard InChI is InChI=1S/C6H14N2O2S2/c1-4-8(3)12(9,10)5(2)6(7)11/h5H,4H2,1-3H3,(H2,7,11). The molecule has 0 aromatic carbocycles. The van der Waals surface area contributed by atoms with Gasteiger partial charge in [-0.25, -0.2) is 12.7 Å². The first-order chi connectivity index (χ1) is 5.34. The molecular formula is C6H14N2O2S2. The number of thiocarbonyl (C=S) groups is 1. The number of nitrogens with two attached hydrogens (primary N) is 1. The highest BCUT2D eigenvalue weighted by molar-refractivity contribution is 7.92. The number of hydrogen-bond donors (Lipinski definition) is 1. The Balaban J connectivity index is 4.74. The van der Waals surface area contributed by atoms with E-state index in [4.69, 9.17) is 5.73 Å². The summed E-state index contributed by atoms with van der Waals surface area (Å²) >= 11 is 4.61. The highest BCUT2D eigenvalue weighted by Crippen LogP contribution is 2.06. The van der Waals surface area contributed by atoms with Crippen LogP contribution in [0, 0.1) is 0 Å². The third-order valence-corrected chi connectivity index (χ3v) is 4.50. The second-order valence-corrected chi connectivity index (χ2v) is 5.34. The fourth-order valence-electron chi connectivity index (χ4n) is 0.597. The average Bonchev–Trinajstić information content (AvgIpc) is 2.01. The summed E-state index contributed by atoms with van der Waals surface area (Å²) in [6.45, 7) is 3.67. The molecule has 0 aromatic rings. The smallest absolute Gasteiger partial charge is 0.222 e. The van der Waals surface area contributed by atoms with Gasteiger partial charge in [-0.1, -0.05) is 19.1 Å². The molecule has 0 bridgehead atoms. The summed E-state index contributed by atoms with van der Waals surface area (Å²) in [6, 6.07) is 0. The topological polar surface area (TPSA) is 63.4 Å². The van der Waals surface area contributed by atoms with Crippen LogP contribution in [0.2, 0.25) is 0 Å². The second kappa shape index (κ2) is 4.15. The number of sulfonamides is 1. The number of rotatable bonds is 4. The van der Waals surface area contributed by atoms with Gasteiger partial charge in [-0.05, 0) is 6.92 Å². The maximum Gasteiger partial charge on any atom is 0.222 e. The first-order valence-corrected chi connectivity index (χ1v) is 5.49. The molecule has 0 saturated heterocycles.